The fourth-order valence-corrected chi connectivity index (χ4v) is 2.88. The molecule has 2 aromatic rings. The quantitative estimate of drug-likeness (QED) is 0.901. The van der Waals surface area contributed by atoms with Gasteiger partial charge in [0.25, 0.3) is 5.56 Å². The zero-order valence-corrected chi connectivity index (χ0v) is 13.2. The van der Waals surface area contributed by atoms with E-state index in [1.54, 1.807) is 12.1 Å². The summed E-state index contributed by atoms with van der Waals surface area (Å²) in [6.45, 7) is 3.18. The van der Waals surface area contributed by atoms with Gasteiger partial charge in [-0.15, -0.1) is 0 Å². The molecular weight excluding hydrogens is 294 g/mol. The van der Waals surface area contributed by atoms with E-state index >= 15 is 0 Å². The van der Waals surface area contributed by atoms with Crippen LogP contribution >= 0.6 is 0 Å². The summed E-state index contributed by atoms with van der Waals surface area (Å²) in [5, 5.41) is 3.39. The Morgan fingerprint density at radius 3 is 3.00 bits per heavy atom. The number of hydrogen-bond donors (Lipinski definition) is 1. The first-order valence-corrected chi connectivity index (χ1v) is 8.05. The van der Waals surface area contributed by atoms with Crippen LogP contribution in [0.4, 0.5) is 0 Å². The molecule has 2 heterocycles. The lowest BCUT2D eigenvalue weighted by Crippen LogP contribution is -2.37. The average molecular weight is 315 g/mol. The maximum absolute atomic E-state index is 12.6. The Morgan fingerprint density at radius 2 is 2.26 bits per heavy atom. The molecule has 1 aromatic carbocycles. The van der Waals surface area contributed by atoms with Crippen LogP contribution in [-0.4, -0.2) is 34.7 Å². The molecule has 23 heavy (non-hydrogen) atoms. The Bertz CT molecular complexity index is 763. The highest BCUT2D eigenvalue weighted by Gasteiger charge is 2.17. The number of fused-ring (bicyclic) bond motifs is 1. The average Bonchev–Trinajstić information content (AvgIpc) is 3.09. The minimum Gasteiger partial charge on any atom is -0.376 e. The van der Waals surface area contributed by atoms with Gasteiger partial charge in [-0.2, -0.15) is 0 Å². The van der Waals surface area contributed by atoms with Gasteiger partial charge in [-0.1, -0.05) is 19.1 Å². The molecule has 0 bridgehead atoms. The summed E-state index contributed by atoms with van der Waals surface area (Å²) in [4.78, 5) is 29.3. The maximum Gasteiger partial charge on any atom is 0.261 e. The predicted octanol–water partition coefficient (Wildman–Crippen LogP) is 1.25. The zero-order chi connectivity index (χ0) is 16.2. The van der Waals surface area contributed by atoms with Crippen molar-refractivity contribution in [2.24, 2.45) is 0 Å². The lowest BCUT2D eigenvalue weighted by Gasteiger charge is -2.14. The van der Waals surface area contributed by atoms with Gasteiger partial charge in [0.2, 0.25) is 5.91 Å². The van der Waals surface area contributed by atoms with Gasteiger partial charge >= 0.3 is 0 Å². The maximum atomic E-state index is 12.6. The first-order chi connectivity index (χ1) is 11.2. The van der Waals surface area contributed by atoms with Crippen LogP contribution < -0.4 is 10.9 Å². The zero-order valence-electron chi connectivity index (χ0n) is 13.2. The third kappa shape index (κ3) is 3.42. The van der Waals surface area contributed by atoms with Crippen molar-refractivity contribution in [2.75, 3.05) is 13.2 Å². The van der Waals surface area contributed by atoms with Crippen LogP contribution in [0.1, 0.15) is 25.6 Å². The van der Waals surface area contributed by atoms with Crippen molar-refractivity contribution in [3.8, 4) is 0 Å². The molecule has 1 amide bonds. The van der Waals surface area contributed by atoms with Crippen molar-refractivity contribution in [1.82, 2.24) is 14.9 Å². The molecule has 0 spiro atoms. The van der Waals surface area contributed by atoms with Crippen LogP contribution in [0, 0.1) is 0 Å². The standard InChI is InChI=1S/C17H21N3O3/c1-2-15-19-14-8-4-3-7-13(14)17(22)20(15)11-16(21)18-10-12-6-5-9-23-12/h3-4,7-8,12H,2,5-6,9-11H2,1H3,(H,18,21)/t12-/m1/s1. The molecule has 0 aliphatic carbocycles. The Labute approximate surface area is 134 Å². The fourth-order valence-electron chi connectivity index (χ4n) is 2.88. The molecule has 3 rings (SSSR count). The van der Waals surface area contributed by atoms with Crippen molar-refractivity contribution in [3.63, 3.8) is 0 Å². The molecule has 1 N–H and O–H groups in total. The lowest BCUT2D eigenvalue weighted by molar-refractivity contribution is -0.122. The highest BCUT2D eigenvalue weighted by Crippen LogP contribution is 2.11. The normalized spacial score (nSPS) is 17.5. The Hall–Kier alpha value is -2.21. The van der Waals surface area contributed by atoms with E-state index in [2.05, 4.69) is 10.3 Å². The van der Waals surface area contributed by atoms with E-state index in [0.29, 0.717) is 29.7 Å². The number of carbonyl (C=O) groups is 1. The van der Waals surface area contributed by atoms with E-state index < -0.39 is 0 Å². The number of nitrogens with zero attached hydrogens (tertiary/aromatic N) is 2. The summed E-state index contributed by atoms with van der Waals surface area (Å²) in [5.74, 6) is 0.440. The van der Waals surface area contributed by atoms with E-state index in [1.165, 1.54) is 4.57 Å². The summed E-state index contributed by atoms with van der Waals surface area (Å²) < 4.78 is 6.95. The van der Waals surface area contributed by atoms with Gasteiger partial charge in [0, 0.05) is 19.6 Å². The highest BCUT2D eigenvalue weighted by atomic mass is 16.5. The number of ether oxygens (including phenoxy) is 1. The van der Waals surface area contributed by atoms with Gasteiger partial charge in [0.05, 0.1) is 17.0 Å². The van der Waals surface area contributed by atoms with Gasteiger partial charge in [-0.25, -0.2) is 4.98 Å². The van der Waals surface area contributed by atoms with Crippen molar-refractivity contribution in [3.05, 3.63) is 40.4 Å². The molecule has 6 nitrogen and oxygen atoms in total. The lowest BCUT2D eigenvalue weighted by atomic mass is 10.2. The van der Waals surface area contributed by atoms with Crippen molar-refractivity contribution in [1.29, 1.82) is 0 Å². The molecule has 1 aliphatic rings. The molecule has 1 atom stereocenters. The molecule has 6 heteroatoms. The monoisotopic (exact) mass is 315 g/mol. The molecule has 1 fully saturated rings. The van der Waals surface area contributed by atoms with Gasteiger partial charge in [-0.3, -0.25) is 14.2 Å². The second-order valence-electron chi connectivity index (χ2n) is 5.73. The number of aromatic nitrogens is 2. The van der Waals surface area contributed by atoms with E-state index in [-0.39, 0.29) is 24.1 Å². The topological polar surface area (TPSA) is 73.2 Å². The largest absolute Gasteiger partial charge is 0.376 e. The van der Waals surface area contributed by atoms with Crippen LogP contribution in [0.3, 0.4) is 0 Å². The number of benzene rings is 1. The van der Waals surface area contributed by atoms with Gasteiger partial charge in [0.15, 0.2) is 0 Å². The second kappa shape index (κ2) is 6.91. The van der Waals surface area contributed by atoms with Crippen molar-refractivity contribution < 1.29 is 9.53 Å². The number of carbonyl (C=O) groups excluding carboxylic acids is 1. The van der Waals surface area contributed by atoms with E-state index in [0.717, 1.165) is 19.4 Å². The Balaban J connectivity index is 1.79. The van der Waals surface area contributed by atoms with Crippen LogP contribution in [0.25, 0.3) is 10.9 Å². The SMILES string of the molecule is CCc1nc2ccccc2c(=O)n1CC(=O)NC[C@H]1CCCO1. The molecule has 1 aromatic heterocycles. The van der Waals surface area contributed by atoms with Gasteiger partial charge < -0.3 is 10.1 Å². The number of aryl methyl sites for hydroxylation is 1. The smallest absolute Gasteiger partial charge is 0.261 e. The van der Waals surface area contributed by atoms with Crippen LogP contribution in [0.5, 0.6) is 0 Å². The van der Waals surface area contributed by atoms with Crippen LogP contribution in [0.15, 0.2) is 29.1 Å². The minimum atomic E-state index is -0.186. The molecule has 0 saturated carbocycles. The minimum absolute atomic E-state index is 0.00738. The number of hydrogen-bond acceptors (Lipinski definition) is 4. The highest BCUT2D eigenvalue weighted by molar-refractivity contribution is 5.79. The van der Waals surface area contributed by atoms with Crippen molar-refractivity contribution >= 4 is 16.8 Å². The summed E-state index contributed by atoms with van der Waals surface area (Å²) in [6, 6.07) is 7.22. The molecule has 122 valence electrons. The van der Waals surface area contributed by atoms with Crippen LogP contribution in [-0.2, 0) is 22.5 Å². The molecule has 1 saturated heterocycles. The summed E-state index contributed by atoms with van der Waals surface area (Å²) in [7, 11) is 0. The Kier molecular flexibility index (Phi) is 4.71. The molecule has 1 aliphatic heterocycles. The van der Waals surface area contributed by atoms with E-state index in [4.69, 9.17) is 4.74 Å². The third-order valence-corrected chi connectivity index (χ3v) is 4.11. The number of para-hydroxylation sites is 1. The second-order valence-corrected chi connectivity index (χ2v) is 5.73. The van der Waals surface area contributed by atoms with E-state index in [1.807, 2.05) is 19.1 Å². The van der Waals surface area contributed by atoms with E-state index in [9.17, 15) is 9.59 Å². The number of nitrogens with one attached hydrogen (secondary N) is 1. The molecule has 0 unspecified atom stereocenters. The first kappa shape index (κ1) is 15.7. The summed E-state index contributed by atoms with van der Waals surface area (Å²) >= 11 is 0. The number of amides is 1. The third-order valence-electron chi connectivity index (χ3n) is 4.11. The van der Waals surface area contributed by atoms with Crippen molar-refractivity contribution in [2.45, 2.75) is 38.8 Å². The number of rotatable bonds is 5. The Morgan fingerprint density at radius 1 is 1.43 bits per heavy atom. The molecular formula is C17H21N3O3. The van der Waals surface area contributed by atoms with Gasteiger partial charge in [-0.05, 0) is 25.0 Å². The van der Waals surface area contributed by atoms with Gasteiger partial charge in [0.1, 0.15) is 12.4 Å². The van der Waals surface area contributed by atoms with Crippen LogP contribution in [0.2, 0.25) is 0 Å². The predicted molar refractivity (Wildman–Crippen MR) is 87.4 cm³/mol. The fraction of sp³-hybridized carbons (Fsp3) is 0.471. The molecule has 0 radical (unpaired) electrons. The summed E-state index contributed by atoms with van der Waals surface area (Å²) in [6.07, 6.45) is 2.70. The first-order valence-electron chi connectivity index (χ1n) is 8.05. The summed E-state index contributed by atoms with van der Waals surface area (Å²) in [5.41, 5.74) is 0.505.